The molecule has 0 spiro atoms. The van der Waals surface area contributed by atoms with Gasteiger partial charge >= 0.3 is 0 Å². The number of anilines is 1. The van der Waals surface area contributed by atoms with Crippen LogP contribution < -0.4 is 10.1 Å². The maximum Gasteiger partial charge on any atom is 0.123 e. The summed E-state index contributed by atoms with van der Waals surface area (Å²) >= 11 is 0. The molecule has 0 aromatic heterocycles. The van der Waals surface area contributed by atoms with Gasteiger partial charge in [-0.05, 0) is 41.8 Å². The minimum absolute atomic E-state index is 0.0616. The molecule has 2 aromatic rings. The van der Waals surface area contributed by atoms with E-state index in [4.69, 9.17) is 4.74 Å². The molecular formula is C18H20FNO. The topological polar surface area (TPSA) is 21.3 Å². The van der Waals surface area contributed by atoms with Gasteiger partial charge in [0.25, 0.3) is 0 Å². The van der Waals surface area contributed by atoms with E-state index in [0.29, 0.717) is 5.92 Å². The first-order valence-electron chi connectivity index (χ1n) is 7.41. The number of nitrogens with one attached hydrogen (secondary N) is 1. The maximum absolute atomic E-state index is 13.2. The summed E-state index contributed by atoms with van der Waals surface area (Å²) in [4.78, 5) is 0. The molecule has 1 atom stereocenters. The minimum atomic E-state index is -0.199. The molecule has 2 aromatic carbocycles. The van der Waals surface area contributed by atoms with Crippen LogP contribution in [0.2, 0.25) is 0 Å². The molecule has 0 radical (unpaired) electrons. The van der Waals surface area contributed by atoms with Crippen molar-refractivity contribution in [1.29, 1.82) is 0 Å². The number of hydrogen-bond donors (Lipinski definition) is 1. The monoisotopic (exact) mass is 285 g/mol. The number of rotatable bonds is 4. The summed E-state index contributed by atoms with van der Waals surface area (Å²) in [7, 11) is 0. The fraction of sp³-hybridized carbons (Fsp3) is 0.333. The molecular weight excluding hydrogens is 265 g/mol. The number of benzene rings is 2. The largest absolute Gasteiger partial charge is 0.488 e. The Morgan fingerprint density at radius 3 is 2.67 bits per heavy atom. The zero-order valence-corrected chi connectivity index (χ0v) is 12.4. The molecule has 21 heavy (non-hydrogen) atoms. The number of hydrogen-bond acceptors (Lipinski definition) is 2. The average Bonchev–Trinajstić information content (AvgIpc) is 2.87. The van der Waals surface area contributed by atoms with Gasteiger partial charge in [0.2, 0.25) is 0 Å². The molecule has 0 saturated carbocycles. The van der Waals surface area contributed by atoms with Crippen LogP contribution in [0.4, 0.5) is 10.1 Å². The Hall–Kier alpha value is -2.03. The maximum atomic E-state index is 13.2. The third-order valence-corrected chi connectivity index (χ3v) is 3.87. The first-order chi connectivity index (χ1) is 10.1. The van der Waals surface area contributed by atoms with Crippen molar-refractivity contribution >= 4 is 5.69 Å². The smallest absolute Gasteiger partial charge is 0.123 e. The molecule has 0 fully saturated rings. The van der Waals surface area contributed by atoms with Gasteiger partial charge in [-0.2, -0.15) is 0 Å². The zero-order valence-electron chi connectivity index (χ0n) is 12.4. The summed E-state index contributed by atoms with van der Waals surface area (Å²) in [5, 5.41) is 3.38. The number of fused-ring (bicyclic) bond motifs is 1. The van der Waals surface area contributed by atoms with Crippen molar-refractivity contribution in [3.05, 3.63) is 59.4 Å². The quantitative estimate of drug-likeness (QED) is 0.901. The van der Waals surface area contributed by atoms with E-state index in [9.17, 15) is 4.39 Å². The lowest BCUT2D eigenvalue weighted by atomic mass is 10.0. The van der Waals surface area contributed by atoms with E-state index in [-0.39, 0.29) is 11.9 Å². The van der Waals surface area contributed by atoms with E-state index in [1.54, 1.807) is 12.1 Å². The van der Waals surface area contributed by atoms with Crippen LogP contribution in [-0.4, -0.2) is 12.6 Å². The van der Waals surface area contributed by atoms with Crippen molar-refractivity contribution in [2.24, 2.45) is 0 Å². The van der Waals surface area contributed by atoms with E-state index in [1.165, 1.54) is 11.6 Å². The Balaban J connectivity index is 1.57. The first-order valence-corrected chi connectivity index (χ1v) is 7.41. The summed E-state index contributed by atoms with van der Waals surface area (Å²) in [5.41, 5.74) is 3.38. The van der Waals surface area contributed by atoms with Gasteiger partial charge < -0.3 is 10.1 Å². The predicted octanol–water partition coefficient (Wildman–Crippen LogP) is 4.36. The second kappa shape index (κ2) is 5.76. The Kier molecular flexibility index (Phi) is 3.82. The van der Waals surface area contributed by atoms with Crippen molar-refractivity contribution in [2.75, 3.05) is 11.9 Å². The summed E-state index contributed by atoms with van der Waals surface area (Å²) in [6.07, 6.45) is 0.816. The van der Waals surface area contributed by atoms with Crippen molar-refractivity contribution in [3.63, 3.8) is 0 Å². The summed E-state index contributed by atoms with van der Waals surface area (Å²) in [6.45, 7) is 5.09. The van der Waals surface area contributed by atoms with Crippen molar-refractivity contribution in [1.82, 2.24) is 0 Å². The van der Waals surface area contributed by atoms with Crippen LogP contribution >= 0.6 is 0 Å². The lowest BCUT2D eigenvalue weighted by molar-refractivity contribution is 0.246. The highest BCUT2D eigenvalue weighted by Crippen LogP contribution is 2.29. The number of ether oxygens (including phenoxy) is 1. The minimum Gasteiger partial charge on any atom is -0.488 e. The fourth-order valence-corrected chi connectivity index (χ4v) is 2.62. The van der Waals surface area contributed by atoms with Crippen LogP contribution in [0.15, 0.2) is 42.5 Å². The van der Waals surface area contributed by atoms with Gasteiger partial charge in [-0.3, -0.25) is 0 Å². The molecule has 3 rings (SSSR count). The highest BCUT2D eigenvalue weighted by molar-refractivity contribution is 5.46. The molecule has 1 aliphatic heterocycles. The normalized spacial score (nSPS) is 16.7. The molecule has 0 amide bonds. The van der Waals surface area contributed by atoms with Crippen molar-refractivity contribution in [2.45, 2.75) is 32.3 Å². The van der Waals surface area contributed by atoms with Gasteiger partial charge in [0.05, 0.1) is 6.54 Å². The molecule has 1 N–H and O–H groups in total. The molecule has 1 unspecified atom stereocenters. The van der Waals surface area contributed by atoms with Gasteiger partial charge in [0, 0.05) is 17.7 Å². The zero-order chi connectivity index (χ0) is 14.8. The standard InChI is InChI=1S/C18H20FNO/c1-12(2)13-3-6-16(7-4-13)20-11-17-10-14-9-15(19)5-8-18(14)21-17/h3-9,12,17,20H,10-11H2,1-2H3. The lowest BCUT2D eigenvalue weighted by Gasteiger charge is -2.13. The van der Waals surface area contributed by atoms with E-state index >= 15 is 0 Å². The average molecular weight is 285 g/mol. The van der Waals surface area contributed by atoms with Gasteiger partial charge in [0.15, 0.2) is 0 Å². The van der Waals surface area contributed by atoms with Crippen LogP contribution in [0.5, 0.6) is 5.75 Å². The van der Waals surface area contributed by atoms with E-state index < -0.39 is 0 Å². The molecule has 0 saturated heterocycles. The Morgan fingerprint density at radius 2 is 1.95 bits per heavy atom. The van der Waals surface area contributed by atoms with Crippen LogP contribution in [0.25, 0.3) is 0 Å². The van der Waals surface area contributed by atoms with Crippen molar-refractivity contribution in [3.8, 4) is 5.75 Å². The highest BCUT2D eigenvalue weighted by atomic mass is 19.1. The summed E-state index contributed by atoms with van der Waals surface area (Å²) < 4.78 is 19.0. The third kappa shape index (κ3) is 3.18. The molecule has 1 heterocycles. The lowest BCUT2D eigenvalue weighted by Crippen LogP contribution is -2.23. The van der Waals surface area contributed by atoms with Crippen LogP contribution in [-0.2, 0) is 6.42 Å². The fourth-order valence-electron chi connectivity index (χ4n) is 2.62. The molecule has 0 bridgehead atoms. The number of halogens is 1. The Bertz CT molecular complexity index is 622. The third-order valence-electron chi connectivity index (χ3n) is 3.87. The summed E-state index contributed by atoms with van der Waals surface area (Å²) in [6, 6.07) is 13.2. The Labute approximate surface area is 125 Å². The van der Waals surface area contributed by atoms with Crippen LogP contribution in [0.3, 0.4) is 0 Å². The molecule has 110 valence electrons. The Morgan fingerprint density at radius 1 is 1.19 bits per heavy atom. The van der Waals surface area contributed by atoms with Crippen molar-refractivity contribution < 1.29 is 9.13 Å². The van der Waals surface area contributed by atoms with Gasteiger partial charge in [-0.15, -0.1) is 0 Å². The molecule has 1 aliphatic rings. The molecule has 2 nitrogen and oxygen atoms in total. The van der Waals surface area contributed by atoms with E-state index in [2.05, 4.69) is 43.4 Å². The molecule has 0 aliphatic carbocycles. The van der Waals surface area contributed by atoms with Gasteiger partial charge in [-0.25, -0.2) is 4.39 Å². The van der Waals surface area contributed by atoms with E-state index in [0.717, 1.165) is 30.0 Å². The van der Waals surface area contributed by atoms with Crippen LogP contribution in [0.1, 0.15) is 30.9 Å². The van der Waals surface area contributed by atoms with Gasteiger partial charge in [0.1, 0.15) is 17.7 Å². The summed E-state index contributed by atoms with van der Waals surface area (Å²) in [5.74, 6) is 1.15. The first kappa shape index (κ1) is 13.9. The molecule has 3 heteroatoms. The predicted molar refractivity (Wildman–Crippen MR) is 83.5 cm³/mol. The second-order valence-electron chi connectivity index (χ2n) is 5.85. The highest BCUT2D eigenvalue weighted by Gasteiger charge is 2.22. The van der Waals surface area contributed by atoms with E-state index in [1.807, 2.05) is 0 Å². The van der Waals surface area contributed by atoms with Gasteiger partial charge in [-0.1, -0.05) is 26.0 Å². The second-order valence-corrected chi connectivity index (χ2v) is 5.85. The van der Waals surface area contributed by atoms with Crippen LogP contribution in [0, 0.1) is 5.82 Å². The SMILES string of the molecule is CC(C)c1ccc(NCC2Cc3cc(F)ccc3O2)cc1.